The minimum absolute atomic E-state index is 0.206. The van der Waals surface area contributed by atoms with Crippen LogP contribution in [0.4, 0.5) is 0 Å². The number of nitrogens with zero attached hydrogens (tertiary/aromatic N) is 2. The predicted octanol–water partition coefficient (Wildman–Crippen LogP) is 0.761. The number of hydrogen-bond acceptors (Lipinski definition) is 4. The number of amides is 1. The Kier molecular flexibility index (Phi) is 2.79. The van der Waals surface area contributed by atoms with Crippen molar-refractivity contribution in [3.63, 3.8) is 0 Å². The molecule has 0 saturated heterocycles. The van der Waals surface area contributed by atoms with Gasteiger partial charge in [-0.15, -0.1) is 0 Å². The lowest BCUT2D eigenvalue weighted by atomic mass is 10.2. The number of carbonyl (C=O) groups is 1. The van der Waals surface area contributed by atoms with Gasteiger partial charge in [-0.2, -0.15) is 5.10 Å². The number of carbonyl (C=O) groups excluding carboxylic acids is 1. The molecule has 1 N–H and O–H groups in total. The Morgan fingerprint density at radius 2 is 2.31 bits per heavy atom. The van der Waals surface area contributed by atoms with Crippen molar-refractivity contribution in [1.82, 2.24) is 10.6 Å². The lowest BCUT2D eigenvalue weighted by Gasteiger charge is -1.90. The van der Waals surface area contributed by atoms with E-state index in [0.717, 1.165) is 11.3 Å². The van der Waals surface area contributed by atoms with Crippen LogP contribution in [0.1, 0.15) is 23.9 Å². The second-order valence-electron chi connectivity index (χ2n) is 2.66. The Labute approximate surface area is 75.8 Å². The Balaban J connectivity index is 2.73. The molecule has 0 aromatic carbocycles. The molecule has 0 radical (unpaired) electrons. The van der Waals surface area contributed by atoms with Crippen LogP contribution in [-0.4, -0.2) is 17.3 Å². The summed E-state index contributed by atoms with van der Waals surface area (Å²) in [6, 6.07) is 0. The van der Waals surface area contributed by atoms with Gasteiger partial charge in [-0.25, -0.2) is 5.43 Å². The minimum atomic E-state index is -0.206. The van der Waals surface area contributed by atoms with E-state index in [1.165, 1.54) is 13.1 Å². The van der Waals surface area contributed by atoms with Crippen molar-refractivity contribution in [2.75, 3.05) is 0 Å². The first kappa shape index (κ1) is 9.44. The van der Waals surface area contributed by atoms with Gasteiger partial charge in [0.2, 0.25) is 5.91 Å². The van der Waals surface area contributed by atoms with Crippen LogP contribution in [0.2, 0.25) is 0 Å². The van der Waals surface area contributed by atoms with E-state index in [0.29, 0.717) is 5.76 Å². The third kappa shape index (κ3) is 2.40. The van der Waals surface area contributed by atoms with Crippen LogP contribution in [0.15, 0.2) is 9.62 Å². The molecule has 0 saturated carbocycles. The number of aryl methyl sites for hydroxylation is 2. The summed E-state index contributed by atoms with van der Waals surface area (Å²) in [5.41, 5.74) is 3.86. The zero-order valence-corrected chi connectivity index (χ0v) is 7.79. The molecule has 5 heteroatoms. The van der Waals surface area contributed by atoms with E-state index in [9.17, 15) is 4.79 Å². The monoisotopic (exact) mass is 181 g/mol. The molecule has 0 atom stereocenters. The molecule has 0 aliphatic rings. The summed E-state index contributed by atoms with van der Waals surface area (Å²) >= 11 is 0. The average molecular weight is 181 g/mol. The van der Waals surface area contributed by atoms with Crippen molar-refractivity contribution in [2.45, 2.75) is 20.8 Å². The van der Waals surface area contributed by atoms with E-state index in [2.05, 4.69) is 15.7 Å². The maximum atomic E-state index is 10.5. The molecule has 0 aliphatic heterocycles. The van der Waals surface area contributed by atoms with Gasteiger partial charge in [0.05, 0.1) is 17.5 Å². The van der Waals surface area contributed by atoms with Crippen molar-refractivity contribution in [3.05, 3.63) is 17.0 Å². The molecule has 13 heavy (non-hydrogen) atoms. The van der Waals surface area contributed by atoms with E-state index in [4.69, 9.17) is 4.52 Å². The number of hydrazone groups is 1. The van der Waals surface area contributed by atoms with Crippen molar-refractivity contribution in [2.24, 2.45) is 5.10 Å². The summed E-state index contributed by atoms with van der Waals surface area (Å²) in [5, 5.41) is 7.45. The highest BCUT2D eigenvalue weighted by molar-refractivity contribution is 5.83. The quantitative estimate of drug-likeness (QED) is 0.541. The SMILES string of the molecule is CC(=O)N/N=C/c1c(C)noc1C. The van der Waals surface area contributed by atoms with E-state index in [1.807, 2.05) is 6.92 Å². The Morgan fingerprint density at radius 1 is 1.62 bits per heavy atom. The van der Waals surface area contributed by atoms with Crippen molar-refractivity contribution < 1.29 is 9.32 Å². The topological polar surface area (TPSA) is 67.5 Å². The van der Waals surface area contributed by atoms with Crippen LogP contribution >= 0.6 is 0 Å². The molecule has 0 spiro atoms. The zero-order chi connectivity index (χ0) is 9.84. The second-order valence-corrected chi connectivity index (χ2v) is 2.66. The third-order valence-electron chi connectivity index (χ3n) is 1.50. The normalized spacial score (nSPS) is 10.7. The largest absolute Gasteiger partial charge is 0.361 e. The Bertz CT molecular complexity index is 322. The van der Waals surface area contributed by atoms with Crippen LogP contribution in [0.5, 0.6) is 0 Å². The van der Waals surface area contributed by atoms with Gasteiger partial charge in [0.25, 0.3) is 0 Å². The van der Waals surface area contributed by atoms with Crippen LogP contribution in [0.3, 0.4) is 0 Å². The zero-order valence-electron chi connectivity index (χ0n) is 7.79. The van der Waals surface area contributed by atoms with E-state index in [-0.39, 0.29) is 5.91 Å². The van der Waals surface area contributed by atoms with Crippen molar-refractivity contribution in [3.8, 4) is 0 Å². The summed E-state index contributed by atoms with van der Waals surface area (Å²) in [5.74, 6) is 0.481. The summed E-state index contributed by atoms with van der Waals surface area (Å²) in [7, 11) is 0. The minimum Gasteiger partial charge on any atom is -0.361 e. The van der Waals surface area contributed by atoms with Gasteiger partial charge in [-0.3, -0.25) is 4.79 Å². The molecule has 0 fully saturated rings. The molecule has 70 valence electrons. The predicted molar refractivity (Wildman–Crippen MR) is 47.4 cm³/mol. The van der Waals surface area contributed by atoms with Crippen LogP contribution in [-0.2, 0) is 4.79 Å². The van der Waals surface area contributed by atoms with Gasteiger partial charge >= 0.3 is 0 Å². The first-order chi connectivity index (χ1) is 6.11. The summed E-state index contributed by atoms with van der Waals surface area (Å²) in [4.78, 5) is 10.5. The van der Waals surface area contributed by atoms with Crippen molar-refractivity contribution in [1.29, 1.82) is 0 Å². The summed E-state index contributed by atoms with van der Waals surface area (Å²) < 4.78 is 4.90. The molecule has 1 aromatic heterocycles. The van der Waals surface area contributed by atoms with Crippen LogP contribution in [0, 0.1) is 13.8 Å². The highest BCUT2D eigenvalue weighted by Gasteiger charge is 2.05. The van der Waals surface area contributed by atoms with Gasteiger partial charge in [-0.1, -0.05) is 5.16 Å². The number of rotatable bonds is 2. The molecular weight excluding hydrogens is 170 g/mol. The summed E-state index contributed by atoms with van der Waals surface area (Å²) in [6.07, 6.45) is 1.52. The van der Waals surface area contributed by atoms with E-state index >= 15 is 0 Å². The van der Waals surface area contributed by atoms with E-state index in [1.54, 1.807) is 6.92 Å². The van der Waals surface area contributed by atoms with Gasteiger partial charge in [0.15, 0.2) is 0 Å². The molecule has 1 rings (SSSR count). The third-order valence-corrected chi connectivity index (χ3v) is 1.50. The maximum absolute atomic E-state index is 10.5. The first-order valence-electron chi connectivity index (χ1n) is 3.83. The molecule has 0 aliphatic carbocycles. The fourth-order valence-corrected chi connectivity index (χ4v) is 0.862. The number of nitrogens with one attached hydrogen (secondary N) is 1. The second kappa shape index (κ2) is 3.84. The molecule has 5 nitrogen and oxygen atoms in total. The molecule has 1 aromatic rings. The van der Waals surface area contributed by atoms with Gasteiger partial charge in [-0.05, 0) is 13.8 Å². The highest BCUT2D eigenvalue weighted by Crippen LogP contribution is 2.08. The fourth-order valence-electron chi connectivity index (χ4n) is 0.862. The number of hydrogen-bond donors (Lipinski definition) is 1. The van der Waals surface area contributed by atoms with Crippen LogP contribution in [0.25, 0.3) is 0 Å². The Hall–Kier alpha value is -1.65. The summed E-state index contributed by atoms with van der Waals surface area (Å²) in [6.45, 7) is 4.99. The van der Waals surface area contributed by atoms with Gasteiger partial charge in [0.1, 0.15) is 5.76 Å². The maximum Gasteiger partial charge on any atom is 0.236 e. The molecule has 0 unspecified atom stereocenters. The van der Waals surface area contributed by atoms with Gasteiger partial charge in [0, 0.05) is 6.92 Å². The number of aromatic nitrogens is 1. The lowest BCUT2D eigenvalue weighted by Crippen LogP contribution is -2.12. The molecular formula is C8H11N3O2. The fraction of sp³-hybridized carbons (Fsp3) is 0.375. The standard InChI is InChI=1S/C8H11N3O2/c1-5-8(6(2)13-11-5)4-9-10-7(3)12/h4H,1-3H3,(H,10,12)/b9-4+. The Morgan fingerprint density at radius 3 is 2.77 bits per heavy atom. The molecule has 1 heterocycles. The van der Waals surface area contributed by atoms with Crippen molar-refractivity contribution >= 4 is 12.1 Å². The first-order valence-corrected chi connectivity index (χ1v) is 3.83. The van der Waals surface area contributed by atoms with Gasteiger partial charge < -0.3 is 4.52 Å². The molecule has 0 bridgehead atoms. The average Bonchev–Trinajstić information content (AvgIpc) is 2.34. The lowest BCUT2D eigenvalue weighted by molar-refractivity contribution is -0.118. The van der Waals surface area contributed by atoms with Crippen LogP contribution < -0.4 is 5.43 Å². The van der Waals surface area contributed by atoms with E-state index < -0.39 is 0 Å². The molecule has 1 amide bonds. The smallest absolute Gasteiger partial charge is 0.236 e. The highest BCUT2D eigenvalue weighted by atomic mass is 16.5.